The van der Waals surface area contributed by atoms with E-state index in [9.17, 15) is 4.79 Å². The number of rotatable bonds is 7. The molecule has 0 unspecified atom stereocenters. The van der Waals surface area contributed by atoms with Gasteiger partial charge in [-0.2, -0.15) is 0 Å². The van der Waals surface area contributed by atoms with Crippen LogP contribution in [-0.2, 0) is 16.1 Å². The van der Waals surface area contributed by atoms with Gasteiger partial charge in [-0.1, -0.05) is 47.5 Å². The van der Waals surface area contributed by atoms with E-state index in [0.29, 0.717) is 16.6 Å². The SMILES string of the molecule is CCOC(=O)/C(NN)=C(/N)NCc1cccc(-c2ccc(Cl)c(Cl)c2)c1. The average molecular weight is 395 g/mol. The van der Waals surface area contributed by atoms with Crippen LogP contribution >= 0.6 is 23.2 Å². The molecule has 0 aliphatic heterocycles. The van der Waals surface area contributed by atoms with Crippen molar-refractivity contribution < 1.29 is 9.53 Å². The highest BCUT2D eigenvalue weighted by atomic mass is 35.5. The first-order valence-electron chi connectivity index (χ1n) is 7.88. The van der Waals surface area contributed by atoms with Gasteiger partial charge in [-0.3, -0.25) is 5.84 Å². The summed E-state index contributed by atoms with van der Waals surface area (Å²) < 4.78 is 4.88. The monoisotopic (exact) mass is 394 g/mol. The zero-order valence-corrected chi connectivity index (χ0v) is 15.7. The van der Waals surface area contributed by atoms with Crippen LogP contribution in [0.1, 0.15) is 12.5 Å². The molecule has 0 atom stereocenters. The third-order valence-corrected chi connectivity index (χ3v) is 4.30. The predicted molar refractivity (Wildman–Crippen MR) is 104 cm³/mol. The molecule has 26 heavy (non-hydrogen) atoms. The highest BCUT2D eigenvalue weighted by Gasteiger charge is 2.13. The van der Waals surface area contributed by atoms with Crippen LogP contribution in [0.3, 0.4) is 0 Å². The maximum atomic E-state index is 11.8. The first-order chi connectivity index (χ1) is 12.5. The number of ether oxygens (including phenoxy) is 1. The van der Waals surface area contributed by atoms with E-state index in [0.717, 1.165) is 16.7 Å². The quantitative estimate of drug-likeness (QED) is 0.249. The minimum atomic E-state index is -0.621. The minimum Gasteiger partial charge on any atom is -0.461 e. The van der Waals surface area contributed by atoms with Gasteiger partial charge in [0.2, 0.25) is 0 Å². The fourth-order valence-corrected chi connectivity index (χ4v) is 2.57. The fourth-order valence-electron chi connectivity index (χ4n) is 2.27. The van der Waals surface area contributed by atoms with Crippen LogP contribution in [0.4, 0.5) is 0 Å². The molecule has 0 saturated carbocycles. The first kappa shape index (κ1) is 19.9. The molecule has 0 aliphatic carbocycles. The molecule has 6 N–H and O–H groups in total. The molecule has 0 heterocycles. The zero-order valence-electron chi connectivity index (χ0n) is 14.2. The molecule has 0 amide bonds. The Kier molecular flexibility index (Phi) is 7.15. The van der Waals surface area contributed by atoms with Gasteiger partial charge >= 0.3 is 5.97 Å². The van der Waals surface area contributed by atoms with Gasteiger partial charge in [0.15, 0.2) is 5.70 Å². The normalized spacial score (nSPS) is 11.5. The van der Waals surface area contributed by atoms with Gasteiger partial charge in [-0.25, -0.2) is 4.79 Å². The first-order valence-corrected chi connectivity index (χ1v) is 8.63. The van der Waals surface area contributed by atoms with E-state index in [1.165, 1.54) is 0 Å². The summed E-state index contributed by atoms with van der Waals surface area (Å²) in [5, 5.41) is 3.96. The molecule has 0 radical (unpaired) electrons. The van der Waals surface area contributed by atoms with Crippen LogP contribution in [0.25, 0.3) is 11.1 Å². The minimum absolute atomic E-state index is 0.0208. The van der Waals surface area contributed by atoms with E-state index in [1.54, 1.807) is 13.0 Å². The summed E-state index contributed by atoms with van der Waals surface area (Å²) in [7, 11) is 0. The Balaban J connectivity index is 2.15. The lowest BCUT2D eigenvalue weighted by Gasteiger charge is -2.13. The Bertz CT molecular complexity index is 825. The van der Waals surface area contributed by atoms with Gasteiger partial charge in [0.1, 0.15) is 5.82 Å². The van der Waals surface area contributed by atoms with Crippen molar-refractivity contribution >= 4 is 29.2 Å². The number of hydrogen-bond donors (Lipinski definition) is 4. The van der Waals surface area contributed by atoms with Gasteiger partial charge in [0, 0.05) is 6.54 Å². The van der Waals surface area contributed by atoms with Crippen molar-refractivity contribution in [3.63, 3.8) is 0 Å². The van der Waals surface area contributed by atoms with Crippen molar-refractivity contribution in [3.05, 3.63) is 69.6 Å². The van der Waals surface area contributed by atoms with Crippen molar-refractivity contribution in [3.8, 4) is 11.1 Å². The number of nitrogens with two attached hydrogens (primary N) is 2. The molecule has 8 heteroatoms. The molecule has 6 nitrogen and oxygen atoms in total. The van der Waals surface area contributed by atoms with Crippen LogP contribution in [0, 0.1) is 0 Å². The lowest BCUT2D eigenvalue weighted by molar-refractivity contribution is -0.139. The van der Waals surface area contributed by atoms with Crippen LogP contribution in [-0.4, -0.2) is 12.6 Å². The number of esters is 1. The van der Waals surface area contributed by atoms with Gasteiger partial charge in [0.25, 0.3) is 0 Å². The number of nitrogens with one attached hydrogen (secondary N) is 2. The number of hydrazine groups is 1. The topological polar surface area (TPSA) is 102 Å². The van der Waals surface area contributed by atoms with Gasteiger partial charge < -0.3 is 21.2 Å². The number of halogens is 2. The van der Waals surface area contributed by atoms with E-state index in [-0.39, 0.29) is 18.1 Å². The molecule has 0 saturated heterocycles. The molecule has 2 rings (SSSR count). The van der Waals surface area contributed by atoms with Crippen molar-refractivity contribution in [1.82, 2.24) is 10.7 Å². The van der Waals surface area contributed by atoms with Crippen LogP contribution in [0.2, 0.25) is 10.0 Å². The molecule has 138 valence electrons. The molecule has 0 aliphatic rings. The number of hydrogen-bond acceptors (Lipinski definition) is 6. The van der Waals surface area contributed by atoms with Crippen molar-refractivity contribution in [2.45, 2.75) is 13.5 Å². The standard InChI is InChI=1S/C18H20Cl2N4O2/c1-2-26-18(25)16(24-22)17(21)23-10-11-4-3-5-12(8-11)13-6-7-14(19)15(20)9-13/h3-9,23-24H,2,10,21-22H2,1H3/b17-16+. The highest BCUT2D eigenvalue weighted by Crippen LogP contribution is 2.28. The van der Waals surface area contributed by atoms with Gasteiger partial charge in [-0.15, -0.1) is 0 Å². The van der Waals surface area contributed by atoms with E-state index in [4.69, 9.17) is 39.5 Å². The number of carbonyl (C=O) groups is 1. The second-order valence-corrected chi connectivity index (χ2v) is 6.15. The Morgan fingerprint density at radius 3 is 2.50 bits per heavy atom. The van der Waals surface area contributed by atoms with E-state index >= 15 is 0 Å². The second kappa shape index (κ2) is 9.33. The third-order valence-electron chi connectivity index (χ3n) is 3.56. The summed E-state index contributed by atoms with van der Waals surface area (Å²) in [6.45, 7) is 2.32. The summed E-state index contributed by atoms with van der Waals surface area (Å²) >= 11 is 12.0. The van der Waals surface area contributed by atoms with Crippen LogP contribution < -0.4 is 22.3 Å². The number of benzene rings is 2. The molecular formula is C18H20Cl2N4O2. The summed E-state index contributed by atoms with van der Waals surface area (Å²) in [6.07, 6.45) is 0. The fraction of sp³-hybridized carbons (Fsp3) is 0.167. The predicted octanol–water partition coefficient (Wildman–Crippen LogP) is 2.90. The maximum absolute atomic E-state index is 11.8. The Morgan fingerprint density at radius 2 is 1.85 bits per heavy atom. The summed E-state index contributed by atoms with van der Waals surface area (Å²) in [6, 6.07) is 13.3. The highest BCUT2D eigenvalue weighted by molar-refractivity contribution is 6.42. The second-order valence-electron chi connectivity index (χ2n) is 5.34. The van der Waals surface area contributed by atoms with Crippen molar-refractivity contribution in [2.75, 3.05) is 6.61 Å². The van der Waals surface area contributed by atoms with E-state index in [1.807, 2.05) is 36.4 Å². The van der Waals surface area contributed by atoms with Gasteiger partial charge in [-0.05, 0) is 41.8 Å². The van der Waals surface area contributed by atoms with Crippen LogP contribution in [0.5, 0.6) is 0 Å². The van der Waals surface area contributed by atoms with Crippen molar-refractivity contribution in [1.29, 1.82) is 0 Å². The molecule has 0 fully saturated rings. The summed E-state index contributed by atoms with van der Waals surface area (Å²) in [5.41, 5.74) is 11.0. The summed E-state index contributed by atoms with van der Waals surface area (Å²) in [4.78, 5) is 11.8. The summed E-state index contributed by atoms with van der Waals surface area (Å²) in [5.74, 6) is 4.83. The van der Waals surface area contributed by atoms with Crippen LogP contribution in [0.15, 0.2) is 54.0 Å². The Morgan fingerprint density at radius 1 is 1.12 bits per heavy atom. The third kappa shape index (κ3) is 5.05. The van der Waals surface area contributed by atoms with E-state index in [2.05, 4.69) is 10.7 Å². The van der Waals surface area contributed by atoms with Gasteiger partial charge in [0.05, 0.1) is 16.7 Å². The molecule has 2 aromatic rings. The maximum Gasteiger partial charge on any atom is 0.359 e. The molecule has 0 spiro atoms. The average Bonchev–Trinajstić information content (AvgIpc) is 2.63. The Labute approximate surface area is 162 Å². The van der Waals surface area contributed by atoms with Crippen molar-refractivity contribution in [2.24, 2.45) is 11.6 Å². The van der Waals surface area contributed by atoms with E-state index < -0.39 is 5.97 Å². The molecular weight excluding hydrogens is 375 g/mol. The lowest BCUT2D eigenvalue weighted by Crippen LogP contribution is -2.35. The largest absolute Gasteiger partial charge is 0.461 e. The lowest BCUT2D eigenvalue weighted by atomic mass is 10.0. The number of carbonyl (C=O) groups excluding carboxylic acids is 1. The smallest absolute Gasteiger partial charge is 0.359 e. The molecule has 0 aromatic heterocycles. The zero-order chi connectivity index (χ0) is 19.1. The molecule has 0 bridgehead atoms. The molecule has 2 aromatic carbocycles. The Hall–Kier alpha value is -2.41.